The summed E-state index contributed by atoms with van der Waals surface area (Å²) in [5.74, 6) is 4.65. The molecule has 4 nitrogen and oxygen atoms in total. The fourth-order valence-corrected chi connectivity index (χ4v) is 9.48. The number of aromatic nitrogens is 2. The van der Waals surface area contributed by atoms with Gasteiger partial charge in [0.1, 0.15) is 0 Å². The van der Waals surface area contributed by atoms with Crippen LogP contribution in [0.1, 0.15) is 90.1 Å². The van der Waals surface area contributed by atoms with Crippen molar-refractivity contribution >= 4 is 11.5 Å². The first-order valence-corrected chi connectivity index (χ1v) is 14.1. The third kappa shape index (κ3) is 4.20. The number of rotatable bonds is 8. The van der Waals surface area contributed by atoms with E-state index in [0.29, 0.717) is 17.3 Å². The lowest BCUT2D eigenvalue weighted by Gasteiger charge is -2.56. The molecule has 0 saturated heterocycles. The minimum Gasteiger partial charge on any atom is -0.396 e. The summed E-state index contributed by atoms with van der Waals surface area (Å²) in [5.41, 5.74) is 8.26. The summed E-state index contributed by atoms with van der Waals surface area (Å²) in [7, 11) is 0. The van der Waals surface area contributed by atoms with Crippen molar-refractivity contribution in [2.24, 2.45) is 58.0 Å². The molecule has 3 N–H and O–H groups in total. The van der Waals surface area contributed by atoms with Crippen LogP contribution in [0.4, 0.5) is 0 Å². The summed E-state index contributed by atoms with van der Waals surface area (Å²) in [6.45, 7) is 13.3. The molecule has 2 saturated carbocycles. The van der Waals surface area contributed by atoms with E-state index in [2.05, 4.69) is 44.2 Å². The molecule has 0 spiro atoms. The number of aliphatic hydroxyl groups is 1. The van der Waals surface area contributed by atoms with E-state index in [1.165, 1.54) is 49.8 Å². The fourth-order valence-electron chi connectivity index (χ4n) is 8.64. The molecule has 0 unspecified atom stereocenters. The van der Waals surface area contributed by atoms with Crippen LogP contribution >= 0.6 is 11.5 Å². The molecule has 0 radical (unpaired) electrons. The van der Waals surface area contributed by atoms with Crippen molar-refractivity contribution in [1.82, 2.24) is 9.59 Å². The lowest BCUT2D eigenvalue weighted by Crippen LogP contribution is -2.54. The Balaban J connectivity index is 1.53. The van der Waals surface area contributed by atoms with Crippen LogP contribution in [0.2, 0.25) is 0 Å². The highest BCUT2D eigenvalue weighted by Crippen LogP contribution is 2.64. The monoisotopic (exact) mass is 461 g/mol. The van der Waals surface area contributed by atoms with E-state index >= 15 is 0 Å². The molecular weight excluding hydrogens is 414 g/mol. The van der Waals surface area contributed by atoms with Crippen LogP contribution in [0, 0.1) is 52.3 Å². The van der Waals surface area contributed by atoms with Crippen molar-refractivity contribution < 1.29 is 5.11 Å². The largest absolute Gasteiger partial charge is 0.396 e. The lowest BCUT2D eigenvalue weighted by molar-refractivity contribution is -0.0757. The molecule has 1 heterocycles. The Morgan fingerprint density at radius 2 is 1.84 bits per heavy atom. The predicted molar refractivity (Wildman–Crippen MR) is 133 cm³/mol. The van der Waals surface area contributed by atoms with Crippen LogP contribution in [-0.4, -0.2) is 27.8 Å². The summed E-state index contributed by atoms with van der Waals surface area (Å²) < 4.78 is 4.24. The van der Waals surface area contributed by atoms with Crippen LogP contribution < -0.4 is 5.73 Å². The van der Waals surface area contributed by atoms with E-state index in [1.807, 2.05) is 0 Å². The van der Waals surface area contributed by atoms with E-state index in [1.54, 1.807) is 11.5 Å². The molecule has 182 valence electrons. The third-order valence-corrected chi connectivity index (χ3v) is 11.3. The van der Waals surface area contributed by atoms with Gasteiger partial charge in [-0.1, -0.05) is 58.4 Å². The highest BCUT2D eigenvalue weighted by atomic mass is 32.1. The van der Waals surface area contributed by atoms with Crippen LogP contribution in [-0.2, 0) is 12.8 Å². The van der Waals surface area contributed by atoms with Crippen molar-refractivity contribution in [3.8, 4) is 0 Å². The fraction of sp³-hybridized carbons (Fsp3) is 0.926. The molecule has 1 aromatic heterocycles. The Labute approximate surface area is 200 Å². The van der Waals surface area contributed by atoms with E-state index in [-0.39, 0.29) is 17.9 Å². The van der Waals surface area contributed by atoms with Crippen molar-refractivity contribution in [2.75, 3.05) is 13.2 Å². The second kappa shape index (κ2) is 9.62. The second-order valence-corrected chi connectivity index (χ2v) is 13.4. The van der Waals surface area contributed by atoms with Gasteiger partial charge in [0.25, 0.3) is 0 Å². The molecule has 8 atom stereocenters. The van der Waals surface area contributed by atoms with Gasteiger partial charge in [0.05, 0.1) is 5.69 Å². The van der Waals surface area contributed by atoms with Gasteiger partial charge in [-0.25, -0.2) is 0 Å². The predicted octanol–water partition coefficient (Wildman–Crippen LogP) is 5.73. The zero-order valence-electron chi connectivity index (χ0n) is 21.1. The van der Waals surface area contributed by atoms with Gasteiger partial charge in [0.2, 0.25) is 0 Å². The van der Waals surface area contributed by atoms with Gasteiger partial charge >= 0.3 is 0 Å². The van der Waals surface area contributed by atoms with Crippen LogP contribution in [0.5, 0.6) is 0 Å². The van der Waals surface area contributed by atoms with Gasteiger partial charge in [-0.3, -0.25) is 0 Å². The molecule has 4 rings (SSSR count). The molecule has 3 aliphatic carbocycles. The summed E-state index contributed by atoms with van der Waals surface area (Å²) in [4.78, 5) is 1.35. The number of hydrogen-bond donors (Lipinski definition) is 2. The molecular formula is C27H47N3OS. The molecule has 3 aliphatic rings. The summed E-state index contributed by atoms with van der Waals surface area (Å²) >= 11 is 1.57. The van der Waals surface area contributed by atoms with Crippen molar-refractivity contribution in [2.45, 2.75) is 92.4 Å². The van der Waals surface area contributed by atoms with Crippen LogP contribution in [0.15, 0.2) is 0 Å². The van der Waals surface area contributed by atoms with E-state index in [0.717, 1.165) is 48.8 Å². The van der Waals surface area contributed by atoms with Gasteiger partial charge < -0.3 is 10.8 Å². The van der Waals surface area contributed by atoms with Crippen molar-refractivity contribution in [1.29, 1.82) is 0 Å². The topological polar surface area (TPSA) is 72.0 Å². The summed E-state index contributed by atoms with van der Waals surface area (Å²) in [5, 5.41) is 14.7. The first-order valence-electron chi connectivity index (χ1n) is 13.4. The quantitative estimate of drug-likeness (QED) is 0.518. The first kappa shape index (κ1) is 24.6. The van der Waals surface area contributed by atoms with Gasteiger partial charge in [-0.05, 0) is 109 Å². The SMILES string of the molecule is CC(C)CCC[C@@H](C)[C@H]1CC[C@H]2[C@H](CN)[C@@H]([C@@]3(C)Cc4snnc4C[C@@H]3CO)CC[C@]12C. The van der Waals surface area contributed by atoms with E-state index in [9.17, 15) is 5.11 Å². The number of fused-ring (bicyclic) bond motifs is 2. The standard InChI is InChI=1S/C27H47N3OS/c1-17(2)7-6-8-18(3)21-9-10-22-20(15-28)23(11-12-26(21,22)4)27(5)14-25-24(29-30-32-25)13-19(27)16-31/h17-23,31H,6-16,28H2,1-5H3/t18-,19-,20+,21-,22+,23+,26-,27+/m1/s1. The maximum Gasteiger partial charge on any atom is 0.0791 e. The number of aliphatic hydroxyl groups excluding tert-OH is 1. The third-order valence-electron chi connectivity index (χ3n) is 10.5. The first-order chi connectivity index (χ1) is 15.2. The Bertz CT molecular complexity index is 766. The van der Waals surface area contributed by atoms with E-state index in [4.69, 9.17) is 5.73 Å². The molecule has 0 aliphatic heterocycles. The van der Waals surface area contributed by atoms with Gasteiger partial charge in [-0.15, -0.1) is 5.10 Å². The number of nitrogens with two attached hydrogens (primary N) is 1. The van der Waals surface area contributed by atoms with Gasteiger partial charge in [0, 0.05) is 11.5 Å². The average Bonchev–Trinajstić information content (AvgIpc) is 3.34. The zero-order chi connectivity index (χ0) is 23.1. The molecule has 2 fully saturated rings. The highest BCUT2D eigenvalue weighted by molar-refractivity contribution is 7.05. The Kier molecular flexibility index (Phi) is 7.39. The molecule has 0 aromatic carbocycles. The maximum atomic E-state index is 10.4. The molecule has 5 heteroatoms. The summed E-state index contributed by atoms with van der Waals surface area (Å²) in [6, 6.07) is 0. The second-order valence-electron chi connectivity index (χ2n) is 12.6. The lowest BCUT2D eigenvalue weighted by atomic mass is 9.48. The Hall–Kier alpha value is -0.520. The molecule has 1 aromatic rings. The smallest absolute Gasteiger partial charge is 0.0791 e. The van der Waals surface area contributed by atoms with Gasteiger partial charge in [-0.2, -0.15) is 0 Å². The Morgan fingerprint density at radius 1 is 1.09 bits per heavy atom. The normalized spacial score (nSPS) is 40.3. The minimum atomic E-state index is 0.0995. The van der Waals surface area contributed by atoms with Crippen molar-refractivity contribution in [3.05, 3.63) is 10.6 Å². The number of hydrogen-bond acceptors (Lipinski definition) is 5. The number of nitrogens with zero attached hydrogens (tertiary/aromatic N) is 2. The molecule has 32 heavy (non-hydrogen) atoms. The molecule has 0 bridgehead atoms. The maximum absolute atomic E-state index is 10.4. The zero-order valence-corrected chi connectivity index (χ0v) is 22.0. The van der Waals surface area contributed by atoms with Crippen molar-refractivity contribution in [3.63, 3.8) is 0 Å². The minimum absolute atomic E-state index is 0.0995. The Morgan fingerprint density at radius 3 is 2.53 bits per heavy atom. The average molecular weight is 462 g/mol. The molecule has 0 amide bonds. The highest BCUT2D eigenvalue weighted by Gasteiger charge is 2.58. The van der Waals surface area contributed by atoms with Crippen LogP contribution in [0.25, 0.3) is 0 Å². The van der Waals surface area contributed by atoms with Crippen LogP contribution in [0.3, 0.4) is 0 Å². The summed E-state index contributed by atoms with van der Waals surface area (Å²) in [6.07, 6.45) is 11.3. The van der Waals surface area contributed by atoms with Gasteiger partial charge in [0.15, 0.2) is 0 Å². The van der Waals surface area contributed by atoms with E-state index < -0.39 is 0 Å².